The third-order valence-electron chi connectivity index (χ3n) is 1.51. The Morgan fingerprint density at radius 3 is 2.92 bits per heavy atom. The van der Waals surface area contributed by atoms with Gasteiger partial charge in [-0.1, -0.05) is 5.16 Å². The van der Waals surface area contributed by atoms with Crippen molar-refractivity contribution in [2.45, 2.75) is 6.92 Å². The maximum absolute atomic E-state index is 5.39. The van der Waals surface area contributed by atoms with Gasteiger partial charge in [0.05, 0.1) is 16.1 Å². The maximum atomic E-state index is 5.39. The van der Waals surface area contributed by atoms with Crippen molar-refractivity contribution in [2.75, 3.05) is 5.73 Å². The van der Waals surface area contributed by atoms with Crippen molar-refractivity contribution in [1.29, 1.82) is 0 Å². The first kappa shape index (κ1) is 7.30. The molecule has 2 aromatic heterocycles. The lowest BCUT2D eigenvalue weighted by atomic mass is 10.3. The normalized spacial score (nSPS) is 10.4. The Labute approximate surface area is 73.0 Å². The second-order valence-corrected chi connectivity index (χ2v) is 3.24. The lowest BCUT2D eigenvalue weighted by Crippen LogP contribution is -1.77. The average Bonchev–Trinajstić information content (AvgIpc) is 2.58. The number of anilines is 1. The summed E-state index contributed by atoms with van der Waals surface area (Å²) in [6, 6.07) is 1.69. The summed E-state index contributed by atoms with van der Waals surface area (Å²) in [6.07, 6.45) is 0. The van der Waals surface area contributed by atoms with Gasteiger partial charge in [0.25, 0.3) is 0 Å². The number of rotatable bonds is 1. The van der Waals surface area contributed by atoms with Gasteiger partial charge in [-0.3, -0.25) is 0 Å². The van der Waals surface area contributed by atoms with Gasteiger partial charge in [-0.05, 0) is 6.92 Å². The van der Waals surface area contributed by atoms with Crippen LogP contribution in [0, 0.1) is 6.92 Å². The molecule has 0 radical (unpaired) electrons. The Morgan fingerprint density at radius 1 is 1.58 bits per heavy atom. The molecule has 0 aliphatic heterocycles. The van der Waals surface area contributed by atoms with Crippen molar-refractivity contribution in [3.8, 4) is 10.6 Å². The van der Waals surface area contributed by atoms with Gasteiger partial charge in [0, 0.05) is 6.07 Å². The van der Waals surface area contributed by atoms with Crippen molar-refractivity contribution in [3.63, 3.8) is 0 Å². The lowest BCUT2D eigenvalue weighted by molar-refractivity contribution is 0.439. The summed E-state index contributed by atoms with van der Waals surface area (Å²) in [6.45, 7) is 1.93. The first-order valence-corrected chi connectivity index (χ1v) is 4.28. The molecule has 2 aromatic rings. The Kier molecular flexibility index (Phi) is 1.58. The van der Waals surface area contributed by atoms with E-state index in [-0.39, 0.29) is 0 Å². The van der Waals surface area contributed by atoms with E-state index in [0.717, 1.165) is 16.3 Å². The van der Waals surface area contributed by atoms with Gasteiger partial charge >= 0.3 is 0 Å². The molecular weight excluding hydrogens is 174 g/mol. The Bertz CT molecular complexity index is 393. The molecule has 0 saturated carbocycles. The van der Waals surface area contributed by atoms with Crippen molar-refractivity contribution < 1.29 is 4.52 Å². The zero-order chi connectivity index (χ0) is 8.55. The molecule has 5 heteroatoms. The van der Waals surface area contributed by atoms with E-state index in [2.05, 4.69) is 10.1 Å². The molecule has 4 nitrogen and oxygen atoms in total. The largest absolute Gasteiger partial charge is 0.368 e. The Morgan fingerprint density at radius 2 is 2.42 bits per heavy atom. The van der Waals surface area contributed by atoms with Gasteiger partial charge in [-0.15, -0.1) is 11.3 Å². The maximum Gasteiger partial charge on any atom is 0.222 e. The summed E-state index contributed by atoms with van der Waals surface area (Å²) in [5.41, 5.74) is 8.87. The van der Waals surface area contributed by atoms with Crippen molar-refractivity contribution in [2.24, 2.45) is 0 Å². The summed E-state index contributed by atoms with van der Waals surface area (Å²) in [5, 5.41) is 3.79. The van der Waals surface area contributed by atoms with Crippen molar-refractivity contribution in [3.05, 3.63) is 17.3 Å². The van der Waals surface area contributed by atoms with E-state index in [9.17, 15) is 0 Å². The van der Waals surface area contributed by atoms with E-state index in [0.29, 0.717) is 5.88 Å². The molecule has 2 N–H and O–H groups in total. The van der Waals surface area contributed by atoms with Gasteiger partial charge in [-0.25, -0.2) is 4.98 Å². The van der Waals surface area contributed by atoms with Crippen LogP contribution in [0.5, 0.6) is 0 Å². The van der Waals surface area contributed by atoms with Crippen LogP contribution >= 0.6 is 11.3 Å². The summed E-state index contributed by atoms with van der Waals surface area (Å²) in [5.74, 6) is 0.331. The van der Waals surface area contributed by atoms with Crippen LogP contribution in [0.25, 0.3) is 10.6 Å². The Balaban J connectivity index is 2.50. The number of hydrogen-bond acceptors (Lipinski definition) is 5. The second-order valence-electron chi connectivity index (χ2n) is 2.38. The third kappa shape index (κ3) is 1.08. The van der Waals surface area contributed by atoms with Crippen LogP contribution in [0.3, 0.4) is 0 Å². The predicted molar refractivity (Wildman–Crippen MR) is 46.8 cm³/mol. The van der Waals surface area contributed by atoms with Gasteiger partial charge in [0.1, 0.15) is 5.69 Å². The molecule has 0 bridgehead atoms. The average molecular weight is 181 g/mol. The molecule has 0 unspecified atom stereocenters. The van der Waals surface area contributed by atoms with Crippen LogP contribution < -0.4 is 5.73 Å². The van der Waals surface area contributed by atoms with Crippen LogP contribution in [-0.2, 0) is 0 Å². The van der Waals surface area contributed by atoms with Crippen molar-refractivity contribution >= 4 is 17.2 Å². The second kappa shape index (κ2) is 2.60. The quantitative estimate of drug-likeness (QED) is 0.727. The van der Waals surface area contributed by atoms with E-state index in [1.54, 1.807) is 11.6 Å². The van der Waals surface area contributed by atoms with E-state index < -0.39 is 0 Å². The van der Waals surface area contributed by atoms with E-state index in [4.69, 9.17) is 10.3 Å². The monoisotopic (exact) mass is 181 g/mol. The summed E-state index contributed by atoms with van der Waals surface area (Å²) in [4.78, 5) is 5.11. The van der Waals surface area contributed by atoms with Gasteiger partial charge in [0.15, 0.2) is 0 Å². The van der Waals surface area contributed by atoms with Crippen LogP contribution in [0.15, 0.2) is 16.1 Å². The molecule has 0 aromatic carbocycles. The van der Waals surface area contributed by atoms with Crippen molar-refractivity contribution in [1.82, 2.24) is 10.1 Å². The first-order chi connectivity index (χ1) is 5.77. The summed E-state index contributed by atoms with van der Waals surface area (Å²) in [7, 11) is 0. The molecule has 0 amide bonds. The first-order valence-electron chi connectivity index (χ1n) is 3.40. The highest BCUT2D eigenvalue weighted by Crippen LogP contribution is 2.26. The predicted octanol–water partition coefficient (Wildman–Crippen LogP) is 1.69. The molecule has 0 saturated heterocycles. The molecule has 0 aliphatic rings. The lowest BCUT2D eigenvalue weighted by Gasteiger charge is -1.87. The minimum atomic E-state index is 0.331. The van der Waals surface area contributed by atoms with E-state index in [1.165, 1.54) is 11.3 Å². The van der Waals surface area contributed by atoms with Gasteiger partial charge in [-0.2, -0.15) is 0 Å². The SMILES string of the molecule is Cc1ncsc1-c1cc(N)on1. The van der Waals surface area contributed by atoms with Gasteiger partial charge < -0.3 is 10.3 Å². The molecule has 0 spiro atoms. The van der Waals surface area contributed by atoms with Crippen LogP contribution in [0.2, 0.25) is 0 Å². The zero-order valence-electron chi connectivity index (χ0n) is 6.44. The highest BCUT2D eigenvalue weighted by Gasteiger charge is 2.08. The molecule has 2 rings (SSSR count). The van der Waals surface area contributed by atoms with E-state index in [1.807, 2.05) is 6.92 Å². The number of thiazole rings is 1. The molecule has 2 heterocycles. The number of nitrogens with two attached hydrogens (primary N) is 1. The zero-order valence-corrected chi connectivity index (χ0v) is 7.26. The minimum Gasteiger partial charge on any atom is -0.368 e. The minimum absolute atomic E-state index is 0.331. The molecule has 0 atom stereocenters. The molecule has 62 valence electrons. The fraction of sp³-hybridized carbons (Fsp3) is 0.143. The number of aryl methyl sites for hydroxylation is 1. The van der Waals surface area contributed by atoms with Gasteiger partial charge in [0.2, 0.25) is 5.88 Å². The highest BCUT2D eigenvalue weighted by atomic mass is 32.1. The fourth-order valence-corrected chi connectivity index (χ4v) is 1.70. The summed E-state index contributed by atoms with van der Waals surface area (Å²) >= 11 is 1.53. The fourth-order valence-electron chi connectivity index (χ4n) is 0.944. The Hall–Kier alpha value is -1.36. The topological polar surface area (TPSA) is 64.9 Å². The standard InChI is InChI=1S/C7H7N3OS/c1-4-7(12-3-9-4)5-2-6(8)11-10-5/h2-3H,8H2,1H3. The number of hydrogen-bond donors (Lipinski definition) is 1. The van der Waals surface area contributed by atoms with Crippen LogP contribution in [0.4, 0.5) is 5.88 Å². The molecule has 12 heavy (non-hydrogen) atoms. The highest BCUT2D eigenvalue weighted by molar-refractivity contribution is 7.13. The third-order valence-corrected chi connectivity index (χ3v) is 2.46. The molecule has 0 aliphatic carbocycles. The smallest absolute Gasteiger partial charge is 0.222 e. The molecule has 0 fully saturated rings. The van der Waals surface area contributed by atoms with E-state index >= 15 is 0 Å². The summed E-state index contributed by atoms with van der Waals surface area (Å²) < 4.78 is 4.75. The number of aromatic nitrogens is 2. The molecular formula is C7H7N3OS. The van der Waals surface area contributed by atoms with Crippen LogP contribution in [0.1, 0.15) is 5.69 Å². The van der Waals surface area contributed by atoms with Crippen LogP contribution in [-0.4, -0.2) is 10.1 Å². The number of nitrogen functional groups attached to an aromatic ring is 1. The number of nitrogens with zero attached hydrogens (tertiary/aromatic N) is 2.